The minimum atomic E-state index is -0.484. The minimum absolute atomic E-state index is 0.158. The third kappa shape index (κ3) is 3.83. The van der Waals surface area contributed by atoms with Crippen molar-refractivity contribution in [2.75, 3.05) is 13.2 Å². The van der Waals surface area contributed by atoms with Gasteiger partial charge in [-0.05, 0) is 23.1 Å². The van der Waals surface area contributed by atoms with Gasteiger partial charge in [0.05, 0.1) is 0 Å². The number of aliphatic hydroxyl groups excluding tert-OH is 1. The van der Waals surface area contributed by atoms with Crippen LogP contribution in [0.4, 0.5) is 0 Å². The van der Waals surface area contributed by atoms with Crippen LogP contribution in [0.15, 0.2) is 24.3 Å². The Labute approximate surface area is 97.2 Å². The summed E-state index contributed by atoms with van der Waals surface area (Å²) in [5.74, 6) is 0.792. The second-order valence-corrected chi connectivity index (χ2v) is 5.03. The molecule has 1 rings (SSSR count). The van der Waals surface area contributed by atoms with Crippen LogP contribution < -0.4 is 10.5 Å². The van der Waals surface area contributed by atoms with Gasteiger partial charge in [0.2, 0.25) is 0 Å². The highest BCUT2D eigenvalue weighted by atomic mass is 16.5. The van der Waals surface area contributed by atoms with E-state index in [2.05, 4.69) is 38.6 Å². The van der Waals surface area contributed by atoms with Gasteiger partial charge in [0.15, 0.2) is 0 Å². The smallest absolute Gasteiger partial charge is 0.136 e. The van der Waals surface area contributed by atoms with Crippen LogP contribution >= 0.6 is 0 Å². The fraction of sp³-hybridized carbons (Fsp3) is 0.538. The molecular weight excluding hydrogens is 202 g/mol. The molecule has 4 N–H and O–H groups in total. The summed E-state index contributed by atoms with van der Waals surface area (Å²) >= 11 is 0. The molecule has 0 saturated heterocycles. The van der Waals surface area contributed by atoms with Crippen LogP contribution in [-0.4, -0.2) is 24.4 Å². The van der Waals surface area contributed by atoms with Crippen molar-refractivity contribution in [3.8, 4) is 5.75 Å². The Hall–Kier alpha value is -1.06. The Balaban J connectivity index is 2.58. The SMILES string of the molecule is CC(C)(C)c1ccc(OC[C@H](O)C[NH3+])cc1. The molecular formula is C13H22NO2+. The molecule has 1 aromatic rings. The second kappa shape index (κ2) is 5.32. The molecule has 90 valence electrons. The number of aliphatic hydroxyl groups is 1. The van der Waals surface area contributed by atoms with Gasteiger partial charge < -0.3 is 15.6 Å². The summed E-state index contributed by atoms with van der Waals surface area (Å²) in [6, 6.07) is 8.00. The molecule has 3 heteroatoms. The van der Waals surface area contributed by atoms with Gasteiger partial charge in [-0.1, -0.05) is 32.9 Å². The lowest BCUT2D eigenvalue weighted by molar-refractivity contribution is -0.384. The van der Waals surface area contributed by atoms with E-state index in [4.69, 9.17) is 4.74 Å². The fourth-order valence-corrected chi connectivity index (χ4v) is 1.33. The molecule has 0 unspecified atom stereocenters. The highest BCUT2D eigenvalue weighted by Gasteiger charge is 2.13. The summed E-state index contributed by atoms with van der Waals surface area (Å²) < 4.78 is 5.44. The van der Waals surface area contributed by atoms with Crippen molar-refractivity contribution in [1.29, 1.82) is 0 Å². The zero-order chi connectivity index (χ0) is 12.2. The van der Waals surface area contributed by atoms with E-state index in [1.54, 1.807) is 0 Å². The first-order valence-electron chi connectivity index (χ1n) is 5.64. The Kier molecular flexibility index (Phi) is 4.33. The minimum Gasteiger partial charge on any atom is -0.491 e. The molecule has 0 fully saturated rings. The highest BCUT2D eigenvalue weighted by Crippen LogP contribution is 2.24. The quantitative estimate of drug-likeness (QED) is 0.800. The maximum atomic E-state index is 9.32. The molecule has 0 aromatic heterocycles. The number of hydrogen-bond acceptors (Lipinski definition) is 2. The predicted octanol–water partition coefficient (Wildman–Crippen LogP) is 0.966. The van der Waals surface area contributed by atoms with E-state index in [1.165, 1.54) is 5.56 Å². The molecule has 16 heavy (non-hydrogen) atoms. The molecule has 0 aliphatic heterocycles. The summed E-state index contributed by atoms with van der Waals surface area (Å²) in [5.41, 5.74) is 5.05. The monoisotopic (exact) mass is 224 g/mol. The van der Waals surface area contributed by atoms with Crippen LogP contribution in [-0.2, 0) is 5.41 Å². The van der Waals surface area contributed by atoms with Crippen LogP contribution in [0.3, 0.4) is 0 Å². The van der Waals surface area contributed by atoms with Crippen molar-refractivity contribution in [3.63, 3.8) is 0 Å². The third-order valence-corrected chi connectivity index (χ3v) is 2.50. The van der Waals surface area contributed by atoms with Gasteiger partial charge in [-0.25, -0.2) is 0 Å². The zero-order valence-electron chi connectivity index (χ0n) is 10.4. The van der Waals surface area contributed by atoms with E-state index in [0.717, 1.165) is 5.75 Å². The molecule has 0 aliphatic carbocycles. The van der Waals surface area contributed by atoms with Gasteiger partial charge in [0, 0.05) is 0 Å². The molecule has 3 nitrogen and oxygen atoms in total. The van der Waals surface area contributed by atoms with Crippen LogP contribution in [0.25, 0.3) is 0 Å². The van der Waals surface area contributed by atoms with Crippen molar-refractivity contribution >= 4 is 0 Å². The molecule has 0 aliphatic rings. The molecule has 0 amide bonds. The summed E-state index contributed by atoms with van der Waals surface area (Å²) in [6.07, 6.45) is -0.484. The Morgan fingerprint density at radius 2 is 1.81 bits per heavy atom. The first-order chi connectivity index (χ1) is 7.43. The molecule has 0 spiro atoms. The van der Waals surface area contributed by atoms with Crippen LogP contribution in [0.2, 0.25) is 0 Å². The topological polar surface area (TPSA) is 57.1 Å². The lowest BCUT2D eigenvalue weighted by atomic mass is 9.87. The van der Waals surface area contributed by atoms with Crippen molar-refractivity contribution < 1.29 is 15.6 Å². The van der Waals surface area contributed by atoms with Crippen molar-refractivity contribution in [2.24, 2.45) is 0 Å². The lowest BCUT2D eigenvalue weighted by Gasteiger charge is -2.19. The van der Waals surface area contributed by atoms with Gasteiger partial charge >= 0.3 is 0 Å². The zero-order valence-corrected chi connectivity index (χ0v) is 10.4. The van der Waals surface area contributed by atoms with E-state index in [-0.39, 0.29) is 5.41 Å². The number of hydrogen-bond donors (Lipinski definition) is 2. The molecule has 0 radical (unpaired) electrons. The largest absolute Gasteiger partial charge is 0.491 e. The van der Waals surface area contributed by atoms with Gasteiger partial charge in [0.1, 0.15) is 25.0 Å². The molecule has 1 atom stereocenters. The van der Waals surface area contributed by atoms with Crippen LogP contribution in [0, 0.1) is 0 Å². The van der Waals surface area contributed by atoms with E-state index < -0.39 is 6.10 Å². The maximum absolute atomic E-state index is 9.32. The van der Waals surface area contributed by atoms with E-state index in [0.29, 0.717) is 13.2 Å². The van der Waals surface area contributed by atoms with E-state index in [9.17, 15) is 5.11 Å². The van der Waals surface area contributed by atoms with Crippen molar-refractivity contribution in [3.05, 3.63) is 29.8 Å². The third-order valence-electron chi connectivity index (χ3n) is 2.50. The van der Waals surface area contributed by atoms with E-state index in [1.807, 2.05) is 12.1 Å². The van der Waals surface area contributed by atoms with Crippen LogP contribution in [0.1, 0.15) is 26.3 Å². The van der Waals surface area contributed by atoms with Crippen molar-refractivity contribution in [2.45, 2.75) is 32.3 Å². The van der Waals surface area contributed by atoms with Crippen LogP contribution in [0.5, 0.6) is 5.75 Å². The normalized spacial score (nSPS) is 13.6. The first-order valence-corrected chi connectivity index (χ1v) is 5.64. The predicted molar refractivity (Wildman–Crippen MR) is 64.4 cm³/mol. The summed E-state index contributed by atoms with van der Waals surface area (Å²) in [4.78, 5) is 0. The summed E-state index contributed by atoms with van der Waals surface area (Å²) in [6.45, 7) is 7.30. The second-order valence-electron chi connectivity index (χ2n) is 5.03. The molecule has 0 bridgehead atoms. The molecule has 1 aromatic carbocycles. The maximum Gasteiger partial charge on any atom is 0.136 e. The number of ether oxygens (including phenoxy) is 1. The number of quaternary nitrogens is 1. The number of benzene rings is 1. The summed E-state index contributed by atoms with van der Waals surface area (Å²) in [7, 11) is 0. The van der Waals surface area contributed by atoms with Crippen molar-refractivity contribution in [1.82, 2.24) is 0 Å². The molecule has 0 heterocycles. The van der Waals surface area contributed by atoms with Gasteiger partial charge in [-0.3, -0.25) is 0 Å². The Bertz CT molecular complexity index is 314. The average molecular weight is 224 g/mol. The van der Waals surface area contributed by atoms with Gasteiger partial charge in [-0.15, -0.1) is 0 Å². The summed E-state index contributed by atoms with van der Waals surface area (Å²) in [5, 5.41) is 9.32. The molecule has 0 saturated carbocycles. The lowest BCUT2D eigenvalue weighted by Crippen LogP contribution is -2.56. The Morgan fingerprint density at radius 1 is 1.25 bits per heavy atom. The Morgan fingerprint density at radius 3 is 2.25 bits per heavy atom. The van der Waals surface area contributed by atoms with E-state index >= 15 is 0 Å². The first kappa shape index (κ1) is 13.0. The standard InChI is InChI=1S/C13H21NO2/c1-13(2,3)10-4-6-12(7-5-10)16-9-11(15)8-14/h4-7,11,15H,8-9,14H2,1-3H3/p+1/t11-/m1/s1. The average Bonchev–Trinajstić information content (AvgIpc) is 2.25. The fourth-order valence-electron chi connectivity index (χ4n) is 1.33. The van der Waals surface area contributed by atoms with Gasteiger partial charge in [0.25, 0.3) is 0 Å². The van der Waals surface area contributed by atoms with Gasteiger partial charge in [-0.2, -0.15) is 0 Å². The highest BCUT2D eigenvalue weighted by molar-refractivity contribution is 5.31. The number of rotatable bonds is 4.